The van der Waals surface area contributed by atoms with E-state index in [1.165, 1.54) is 49.8 Å². The number of hydrogen-bond acceptors (Lipinski definition) is 14. The summed E-state index contributed by atoms with van der Waals surface area (Å²) >= 11 is 6.17. The van der Waals surface area contributed by atoms with Crippen molar-refractivity contribution in [2.45, 2.75) is 65.8 Å². The first-order valence-corrected chi connectivity index (χ1v) is 23.0. The average molecular weight is 1110 g/mol. The van der Waals surface area contributed by atoms with Gasteiger partial charge in [-0.2, -0.15) is 14.6 Å². The molecule has 0 spiro atoms. The fourth-order valence-corrected chi connectivity index (χ4v) is 7.56. The lowest BCUT2D eigenvalue weighted by atomic mass is 10.1. The Morgan fingerprint density at radius 1 is 0.676 bits per heavy atom. The highest BCUT2D eigenvalue weighted by Gasteiger charge is 2.25. The molecule has 0 saturated carbocycles. The number of hydrogen-bond donors (Lipinski definition) is 1. The largest absolute Gasteiger partial charge is 0.480 e. The summed E-state index contributed by atoms with van der Waals surface area (Å²) in [5, 5.41) is 49.0. The molecular weight excluding hydrogens is 1070 g/mol. The van der Waals surface area contributed by atoms with E-state index in [0.717, 1.165) is 41.7 Å². The highest BCUT2D eigenvalue weighted by atomic mass is 79.9. The van der Waals surface area contributed by atoms with Gasteiger partial charge in [-0.1, -0.05) is 0 Å². The van der Waals surface area contributed by atoms with Crippen molar-refractivity contribution in [1.82, 2.24) is 49.1 Å². The second-order valence-electron chi connectivity index (χ2n) is 15.2. The standard InChI is InChI=1S/C23H22BrFN6O4.C18H21FN4O2.C5H2BrFN2O2/c1-4-29-13-15(11-27-29)7-18-10-22(34-3)28-30(18)20-6-5-17(25)9-19(20)14(2)35-21-8-16(24)12-26-23(21)31(32)33;1-4-22-11-13(10-20-22)7-15-9-18(25-3)21-23(15)17-6-5-14(19)8-16(17)12(2)24;6-3-1-4(7)5(8-2-3)9(10)11/h5-6,8-14H,4,7H2,1-3H3;5-6,8-12,24H,4,7H2,1-3H3;1-2H/t14-;12-;/m11./s1. The highest BCUT2D eigenvalue weighted by Crippen LogP contribution is 2.35. The summed E-state index contributed by atoms with van der Waals surface area (Å²) in [4.78, 5) is 27.0. The van der Waals surface area contributed by atoms with Gasteiger partial charge in [-0.15, -0.1) is 10.2 Å². The van der Waals surface area contributed by atoms with E-state index < -0.39 is 51.1 Å². The average Bonchev–Trinajstić information content (AvgIpc) is 4.17. The van der Waals surface area contributed by atoms with E-state index in [1.54, 1.807) is 54.7 Å². The maximum Gasteiger partial charge on any atom is 0.406 e. The van der Waals surface area contributed by atoms with Crippen LogP contribution in [0.5, 0.6) is 17.5 Å². The molecular formula is C46H45Br2F3N12O8. The first kappa shape index (κ1) is 52.9. The van der Waals surface area contributed by atoms with Gasteiger partial charge in [0.25, 0.3) is 0 Å². The highest BCUT2D eigenvalue weighted by molar-refractivity contribution is 9.10. The Balaban J connectivity index is 0.000000198. The van der Waals surface area contributed by atoms with Crippen LogP contribution in [0.15, 0.2) is 107 Å². The zero-order chi connectivity index (χ0) is 51.5. The Morgan fingerprint density at radius 3 is 1.58 bits per heavy atom. The molecule has 0 aliphatic carbocycles. The number of ether oxygens (including phenoxy) is 3. The molecule has 8 aromatic rings. The predicted octanol–water partition coefficient (Wildman–Crippen LogP) is 9.80. The molecule has 1 N–H and O–H groups in total. The van der Waals surface area contributed by atoms with Crippen LogP contribution in [0, 0.1) is 37.7 Å². The molecule has 6 aromatic heterocycles. The molecule has 0 saturated heterocycles. The molecule has 0 radical (unpaired) electrons. The lowest BCUT2D eigenvalue weighted by molar-refractivity contribution is -0.392. The number of aliphatic hydroxyl groups excluding tert-OH is 1. The van der Waals surface area contributed by atoms with E-state index in [1.807, 2.05) is 47.9 Å². The second-order valence-corrected chi connectivity index (χ2v) is 17.1. The predicted molar refractivity (Wildman–Crippen MR) is 258 cm³/mol. The molecule has 6 heterocycles. The Morgan fingerprint density at radius 2 is 1.14 bits per heavy atom. The Labute approximate surface area is 420 Å². The number of aryl methyl sites for hydroxylation is 2. The molecule has 2 atom stereocenters. The van der Waals surface area contributed by atoms with Crippen LogP contribution in [0.3, 0.4) is 0 Å². The molecule has 71 heavy (non-hydrogen) atoms. The van der Waals surface area contributed by atoms with Gasteiger partial charge in [0.15, 0.2) is 12.4 Å². The minimum atomic E-state index is -0.940. The third-order valence-corrected chi connectivity index (χ3v) is 11.2. The number of methoxy groups -OCH3 is 2. The van der Waals surface area contributed by atoms with Crippen molar-refractivity contribution >= 4 is 43.5 Å². The van der Waals surface area contributed by atoms with Gasteiger partial charge in [0.05, 0.1) is 64.4 Å². The number of aromatic nitrogens is 10. The monoisotopic (exact) mass is 1110 g/mol. The first-order chi connectivity index (χ1) is 33.9. The van der Waals surface area contributed by atoms with E-state index in [2.05, 4.69) is 62.2 Å². The molecule has 20 nitrogen and oxygen atoms in total. The summed E-state index contributed by atoms with van der Waals surface area (Å²) in [5.41, 5.74) is 5.73. The number of nitro groups is 2. The minimum absolute atomic E-state index is 0.0441. The molecule has 0 amide bonds. The van der Waals surface area contributed by atoms with Crippen LogP contribution in [0.25, 0.3) is 11.4 Å². The maximum atomic E-state index is 14.3. The van der Waals surface area contributed by atoms with Crippen LogP contribution in [0.2, 0.25) is 0 Å². The smallest absolute Gasteiger partial charge is 0.406 e. The van der Waals surface area contributed by atoms with Crippen molar-refractivity contribution in [2.24, 2.45) is 0 Å². The third kappa shape index (κ3) is 13.4. The van der Waals surface area contributed by atoms with Crippen LogP contribution < -0.4 is 14.2 Å². The molecule has 0 unspecified atom stereocenters. The lowest BCUT2D eigenvalue weighted by Gasteiger charge is -2.19. The van der Waals surface area contributed by atoms with Gasteiger partial charge in [0.1, 0.15) is 17.7 Å². The van der Waals surface area contributed by atoms with Crippen LogP contribution in [-0.2, 0) is 25.9 Å². The number of halogens is 5. The summed E-state index contributed by atoms with van der Waals surface area (Å²) in [6.45, 7) is 8.85. The van der Waals surface area contributed by atoms with Gasteiger partial charge in [-0.05, 0) is 127 Å². The van der Waals surface area contributed by atoms with Crippen LogP contribution >= 0.6 is 31.9 Å². The molecule has 0 aliphatic rings. The summed E-state index contributed by atoms with van der Waals surface area (Å²) < 4.78 is 64.9. The van der Waals surface area contributed by atoms with Gasteiger partial charge in [-0.3, -0.25) is 9.36 Å². The topological polar surface area (TPSA) is 231 Å². The summed E-state index contributed by atoms with van der Waals surface area (Å²) in [7, 11) is 3.06. The Kier molecular flexibility index (Phi) is 17.8. The van der Waals surface area contributed by atoms with Crippen molar-refractivity contribution in [1.29, 1.82) is 0 Å². The van der Waals surface area contributed by atoms with Crippen LogP contribution in [0.1, 0.15) is 73.5 Å². The van der Waals surface area contributed by atoms with Crippen molar-refractivity contribution in [3.05, 3.63) is 178 Å². The Hall–Kier alpha value is -7.51. The lowest BCUT2D eigenvalue weighted by Crippen LogP contribution is -2.12. The van der Waals surface area contributed by atoms with Crippen LogP contribution in [-0.4, -0.2) is 78.3 Å². The second kappa shape index (κ2) is 23.9. The zero-order valence-electron chi connectivity index (χ0n) is 38.8. The normalized spacial score (nSPS) is 11.7. The summed E-state index contributed by atoms with van der Waals surface area (Å²) in [6.07, 6.45) is 9.49. The van der Waals surface area contributed by atoms with Crippen molar-refractivity contribution in [3.8, 4) is 28.9 Å². The quantitative estimate of drug-likeness (QED) is 0.0701. The van der Waals surface area contributed by atoms with E-state index in [9.17, 15) is 38.5 Å². The van der Waals surface area contributed by atoms with Crippen molar-refractivity contribution in [2.75, 3.05) is 14.2 Å². The van der Waals surface area contributed by atoms with E-state index in [0.29, 0.717) is 56.0 Å². The molecule has 2 aromatic carbocycles. The molecule has 372 valence electrons. The number of pyridine rings is 2. The first-order valence-electron chi connectivity index (χ1n) is 21.4. The number of nitrogens with zero attached hydrogens (tertiary/aromatic N) is 12. The third-order valence-electron chi connectivity index (χ3n) is 10.3. The summed E-state index contributed by atoms with van der Waals surface area (Å²) in [6, 6.07) is 14.6. The van der Waals surface area contributed by atoms with Gasteiger partial charge < -0.3 is 39.5 Å². The number of aliphatic hydroxyl groups is 1. The Bertz CT molecular complexity index is 3140. The maximum absolute atomic E-state index is 14.3. The molecule has 25 heteroatoms. The number of benzene rings is 2. The van der Waals surface area contributed by atoms with E-state index in [4.69, 9.17) is 14.2 Å². The van der Waals surface area contributed by atoms with Gasteiger partial charge in [0, 0.05) is 73.7 Å². The fourth-order valence-electron chi connectivity index (χ4n) is 6.95. The van der Waals surface area contributed by atoms with Gasteiger partial charge >= 0.3 is 11.6 Å². The van der Waals surface area contributed by atoms with Crippen LogP contribution in [0.4, 0.5) is 24.8 Å². The number of rotatable bonds is 16. The van der Waals surface area contributed by atoms with Crippen molar-refractivity contribution < 1.29 is 42.3 Å². The van der Waals surface area contributed by atoms with Crippen molar-refractivity contribution in [3.63, 3.8) is 0 Å². The van der Waals surface area contributed by atoms with Gasteiger partial charge in [-0.25, -0.2) is 18.1 Å². The SMILES string of the molecule is CCn1cc(Cc2cc(OC)nn2-c2ccc(F)cc2[C@@H](C)O)cn1.CCn1cc(Cc2cc(OC)nn2-c2ccc(F)cc2[C@@H](C)Oc2cc(Br)cnc2[N+](=O)[O-])cn1.O=[N+]([O-])c1ncc(Br)cc1F. The molecule has 0 bridgehead atoms. The molecule has 8 rings (SSSR count). The van der Waals surface area contributed by atoms with E-state index >= 15 is 0 Å². The zero-order valence-corrected chi connectivity index (χ0v) is 42.0. The molecule has 0 fully saturated rings. The molecule has 0 aliphatic heterocycles. The minimum Gasteiger partial charge on any atom is -0.480 e. The van der Waals surface area contributed by atoms with Gasteiger partial charge in [0.2, 0.25) is 23.3 Å². The van der Waals surface area contributed by atoms with E-state index in [-0.39, 0.29) is 5.75 Å². The summed E-state index contributed by atoms with van der Waals surface area (Å²) in [5.74, 6) is -2.21. The fraction of sp³-hybridized carbons (Fsp3) is 0.261.